The molecule has 1 N–H and O–H groups in total. The van der Waals surface area contributed by atoms with Crippen LogP contribution in [0, 0.1) is 0 Å². The molecular weight excluding hydrogens is 343 g/mol. The van der Waals surface area contributed by atoms with E-state index in [1.165, 1.54) is 18.3 Å². The number of rotatable bonds is 4. The molecule has 2 aromatic rings. The van der Waals surface area contributed by atoms with E-state index in [4.69, 9.17) is 0 Å². The lowest BCUT2D eigenvalue weighted by Gasteiger charge is -2.22. The molecule has 5 nitrogen and oxygen atoms in total. The van der Waals surface area contributed by atoms with Crippen LogP contribution in [0.2, 0.25) is 0 Å². The Kier molecular flexibility index (Phi) is 4.39. The van der Waals surface area contributed by atoms with E-state index in [0.717, 1.165) is 4.68 Å². The second-order valence-corrected chi connectivity index (χ2v) is 7.45. The molecule has 1 aromatic carbocycles. The van der Waals surface area contributed by atoms with Gasteiger partial charge in [-0.3, -0.25) is 4.68 Å². The largest absolute Gasteiger partial charge is 0.408 e. The monoisotopic (exact) mass is 359 g/mol. The Labute approximate surface area is 137 Å². The average Bonchev–Trinajstić information content (AvgIpc) is 2.89. The molecule has 1 aromatic heterocycles. The molecular formula is C15H16F3N3O2S. The highest BCUT2D eigenvalue weighted by Crippen LogP contribution is 2.30. The van der Waals surface area contributed by atoms with E-state index in [9.17, 15) is 21.6 Å². The van der Waals surface area contributed by atoms with E-state index < -0.39 is 28.8 Å². The van der Waals surface area contributed by atoms with Gasteiger partial charge in [-0.25, -0.2) is 13.1 Å². The summed E-state index contributed by atoms with van der Waals surface area (Å²) in [5.41, 5.74) is 1.04. The lowest BCUT2D eigenvalue weighted by Crippen LogP contribution is -2.31. The molecule has 1 aliphatic carbocycles. The zero-order valence-electron chi connectivity index (χ0n) is 12.6. The van der Waals surface area contributed by atoms with Gasteiger partial charge in [-0.2, -0.15) is 18.3 Å². The Morgan fingerprint density at radius 2 is 1.96 bits per heavy atom. The van der Waals surface area contributed by atoms with Crippen LogP contribution in [0.25, 0.3) is 0 Å². The van der Waals surface area contributed by atoms with Gasteiger partial charge in [-0.05, 0) is 37.0 Å². The molecule has 0 spiro atoms. The standard InChI is InChI=1S/C15H16F3N3O2S/c16-15(17,18)10-21-9-11-5-4-8-13(14(11)19-21)20-24(22,23)12-6-2-1-3-7-12/h1-3,6-7,9,13,20H,4-5,8,10H2/t13-/m0/s1. The van der Waals surface area contributed by atoms with Crippen molar-refractivity contribution >= 4 is 10.0 Å². The third-order valence-corrected chi connectivity index (χ3v) is 5.32. The number of benzene rings is 1. The van der Waals surface area contributed by atoms with E-state index in [0.29, 0.717) is 30.5 Å². The average molecular weight is 359 g/mol. The predicted molar refractivity (Wildman–Crippen MR) is 80.7 cm³/mol. The van der Waals surface area contributed by atoms with Gasteiger partial charge in [0.15, 0.2) is 0 Å². The molecule has 24 heavy (non-hydrogen) atoms. The first kappa shape index (κ1) is 17.0. The molecule has 130 valence electrons. The fraction of sp³-hybridized carbons (Fsp3) is 0.400. The van der Waals surface area contributed by atoms with Crippen LogP contribution < -0.4 is 4.72 Å². The van der Waals surface area contributed by atoms with Gasteiger partial charge in [0.05, 0.1) is 16.6 Å². The molecule has 0 unspecified atom stereocenters. The van der Waals surface area contributed by atoms with Gasteiger partial charge in [0.25, 0.3) is 0 Å². The number of nitrogens with one attached hydrogen (secondary N) is 1. The normalized spacial score (nSPS) is 18.4. The number of alkyl halides is 3. The van der Waals surface area contributed by atoms with Crippen LogP contribution in [0.15, 0.2) is 41.4 Å². The fourth-order valence-electron chi connectivity index (χ4n) is 2.83. The van der Waals surface area contributed by atoms with E-state index in [1.807, 2.05) is 0 Å². The maximum absolute atomic E-state index is 12.5. The molecule has 1 heterocycles. The fourth-order valence-corrected chi connectivity index (χ4v) is 4.09. The van der Waals surface area contributed by atoms with Gasteiger partial charge in [0.1, 0.15) is 6.54 Å². The first-order valence-electron chi connectivity index (χ1n) is 7.45. The van der Waals surface area contributed by atoms with Gasteiger partial charge in [0.2, 0.25) is 10.0 Å². The van der Waals surface area contributed by atoms with Crippen molar-refractivity contribution in [1.82, 2.24) is 14.5 Å². The Balaban J connectivity index is 1.85. The number of nitrogens with zero attached hydrogens (tertiary/aromatic N) is 2. The summed E-state index contributed by atoms with van der Waals surface area (Å²) in [6.07, 6.45) is -1.23. The topological polar surface area (TPSA) is 64.0 Å². The van der Waals surface area contributed by atoms with Crippen LogP contribution in [0.1, 0.15) is 30.1 Å². The predicted octanol–water partition coefficient (Wildman–Crippen LogP) is 2.80. The van der Waals surface area contributed by atoms with E-state index >= 15 is 0 Å². The molecule has 1 atom stereocenters. The Morgan fingerprint density at radius 3 is 2.62 bits per heavy atom. The highest BCUT2D eigenvalue weighted by atomic mass is 32.2. The Bertz CT molecular complexity index is 816. The van der Waals surface area contributed by atoms with Crippen LogP contribution in [0.4, 0.5) is 13.2 Å². The van der Waals surface area contributed by atoms with Gasteiger partial charge >= 0.3 is 6.18 Å². The summed E-state index contributed by atoms with van der Waals surface area (Å²) in [5.74, 6) is 0. The van der Waals surface area contributed by atoms with Gasteiger partial charge in [0, 0.05) is 6.20 Å². The summed E-state index contributed by atoms with van der Waals surface area (Å²) in [5, 5.41) is 3.97. The maximum atomic E-state index is 12.5. The van der Waals surface area contributed by atoms with E-state index in [2.05, 4.69) is 9.82 Å². The minimum atomic E-state index is -4.37. The highest BCUT2D eigenvalue weighted by Gasteiger charge is 2.32. The molecule has 0 radical (unpaired) electrons. The van der Waals surface area contributed by atoms with Crippen molar-refractivity contribution < 1.29 is 21.6 Å². The summed E-state index contributed by atoms with van der Waals surface area (Å²) in [6.45, 7) is -1.18. The first-order chi connectivity index (χ1) is 11.2. The van der Waals surface area contributed by atoms with Crippen LogP contribution >= 0.6 is 0 Å². The zero-order valence-corrected chi connectivity index (χ0v) is 13.4. The summed E-state index contributed by atoms with van der Waals surface area (Å²) < 4.78 is 65.8. The minimum absolute atomic E-state index is 0.117. The van der Waals surface area contributed by atoms with Crippen LogP contribution in [0.5, 0.6) is 0 Å². The minimum Gasteiger partial charge on any atom is -0.263 e. The summed E-state index contributed by atoms with van der Waals surface area (Å²) in [7, 11) is -3.75. The second-order valence-electron chi connectivity index (χ2n) is 5.73. The molecule has 9 heteroatoms. The molecule has 0 bridgehead atoms. The van der Waals surface area contributed by atoms with Crippen LogP contribution in [-0.4, -0.2) is 24.4 Å². The lowest BCUT2D eigenvalue weighted by molar-refractivity contribution is -0.142. The number of halogens is 3. The third kappa shape index (κ3) is 3.78. The Morgan fingerprint density at radius 1 is 1.25 bits per heavy atom. The van der Waals surface area contributed by atoms with E-state index in [1.54, 1.807) is 18.2 Å². The Hall–Kier alpha value is -1.87. The second kappa shape index (κ2) is 6.21. The SMILES string of the molecule is O=S(=O)(N[C@H]1CCCc2cn(CC(F)(F)F)nc21)c1ccccc1. The van der Waals surface area contributed by atoms with Crippen molar-refractivity contribution in [3.05, 3.63) is 47.8 Å². The highest BCUT2D eigenvalue weighted by molar-refractivity contribution is 7.89. The zero-order chi connectivity index (χ0) is 17.4. The first-order valence-corrected chi connectivity index (χ1v) is 8.93. The van der Waals surface area contributed by atoms with Crippen molar-refractivity contribution in [2.45, 2.75) is 42.9 Å². The summed E-state index contributed by atoms with van der Waals surface area (Å²) in [6, 6.07) is 7.24. The molecule has 0 fully saturated rings. The van der Waals surface area contributed by atoms with Crippen molar-refractivity contribution in [3.63, 3.8) is 0 Å². The maximum Gasteiger partial charge on any atom is 0.408 e. The van der Waals surface area contributed by atoms with Crippen LogP contribution in [0.3, 0.4) is 0 Å². The molecule has 0 saturated heterocycles. The van der Waals surface area contributed by atoms with Crippen molar-refractivity contribution in [3.8, 4) is 0 Å². The number of fused-ring (bicyclic) bond motifs is 1. The van der Waals surface area contributed by atoms with Crippen molar-refractivity contribution in [2.75, 3.05) is 0 Å². The van der Waals surface area contributed by atoms with Crippen molar-refractivity contribution in [1.29, 1.82) is 0 Å². The number of hydrogen-bond donors (Lipinski definition) is 1. The van der Waals surface area contributed by atoms with Crippen molar-refractivity contribution in [2.24, 2.45) is 0 Å². The smallest absolute Gasteiger partial charge is 0.263 e. The molecule has 3 rings (SSSR count). The quantitative estimate of drug-likeness (QED) is 0.913. The third-order valence-electron chi connectivity index (χ3n) is 3.83. The summed E-state index contributed by atoms with van der Waals surface area (Å²) >= 11 is 0. The van der Waals surface area contributed by atoms with Gasteiger partial charge in [-0.1, -0.05) is 18.2 Å². The van der Waals surface area contributed by atoms with Crippen LogP contribution in [-0.2, 0) is 23.0 Å². The molecule has 0 amide bonds. The van der Waals surface area contributed by atoms with E-state index in [-0.39, 0.29) is 4.90 Å². The van der Waals surface area contributed by atoms with Gasteiger partial charge < -0.3 is 0 Å². The molecule has 1 aliphatic rings. The number of aromatic nitrogens is 2. The molecule has 0 saturated carbocycles. The lowest BCUT2D eigenvalue weighted by atomic mass is 9.94. The number of sulfonamides is 1. The summed E-state index contributed by atoms with van der Waals surface area (Å²) in [4.78, 5) is 0.117. The van der Waals surface area contributed by atoms with Gasteiger partial charge in [-0.15, -0.1) is 0 Å². The number of hydrogen-bond acceptors (Lipinski definition) is 3. The molecule has 0 aliphatic heterocycles. The number of aryl methyl sites for hydroxylation is 1.